The highest BCUT2D eigenvalue weighted by molar-refractivity contribution is 14.0. The van der Waals surface area contributed by atoms with Crippen LogP contribution in [0.5, 0.6) is 0 Å². The molecule has 0 aromatic carbocycles. The molecule has 1 amide bonds. The largest absolute Gasteiger partial charge is 0.357 e. The predicted octanol–water partition coefficient (Wildman–Crippen LogP) is 1.45. The number of amides is 1. The van der Waals surface area contributed by atoms with Crippen LogP contribution in [0.25, 0.3) is 0 Å². The molecule has 1 saturated carbocycles. The molecule has 2 N–H and O–H groups in total. The van der Waals surface area contributed by atoms with Crippen molar-refractivity contribution in [3.63, 3.8) is 0 Å². The maximum Gasteiger partial charge on any atom is 0.230 e. The van der Waals surface area contributed by atoms with E-state index in [1.54, 1.807) is 4.90 Å². The van der Waals surface area contributed by atoms with Gasteiger partial charge in [-0.2, -0.15) is 0 Å². The zero-order chi connectivity index (χ0) is 18.4. The van der Waals surface area contributed by atoms with Crippen molar-refractivity contribution in [2.24, 2.45) is 17.5 Å². The first kappa shape index (κ1) is 22.7. The van der Waals surface area contributed by atoms with Gasteiger partial charge in [0.15, 0.2) is 11.8 Å². The predicted molar refractivity (Wildman–Crippen MR) is 114 cm³/mol. The second-order valence-corrected chi connectivity index (χ2v) is 6.96. The third kappa shape index (κ3) is 5.31. The zero-order valence-corrected chi connectivity index (χ0v) is 18.8. The number of hydrogen-bond donors (Lipinski definition) is 2. The van der Waals surface area contributed by atoms with Crippen LogP contribution in [-0.4, -0.2) is 58.7 Å². The lowest BCUT2D eigenvalue weighted by atomic mass is 9.84. The van der Waals surface area contributed by atoms with E-state index in [0.29, 0.717) is 19.0 Å². The summed E-state index contributed by atoms with van der Waals surface area (Å²) >= 11 is 0. The average Bonchev–Trinajstić information content (AvgIpc) is 3.19. The Balaban J connectivity index is 0.00000338. The molecule has 2 rings (SSSR count). The molecular weight excluding hydrogens is 445 g/mol. The smallest absolute Gasteiger partial charge is 0.230 e. The normalized spacial score (nSPS) is 16.1. The van der Waals surface area contributed by atoms with Gasteiger partial charge in [-0.05, 0) is 26.7 Å². The van der Waals surface area contributed by atoms with E-state index < -0.39 is 0 Å². The van der Waals surface area contributed by atoms with Gasteiger partial charge in [-0.15, -0.1) is 34.2 Å². The van der Waals surface area contributed by atoms with Gasteiger partial charge in [0.2, 0.25) is 5.91 Å². The van der Waals surface area contributed by atoms with Crippen LogP contribution in [0.4, 0.5) is 0 Å². The number of nitrogens with one attached hydrogen (secondary N) is 2. The van der Waals surface area contributed by atoms with Crippen molar-refractivity contribution in [3.05, 3.63) is 11.6 Å². The van der Waals surface area contributed by atoms with E-state index in [0.717, 1.165) is 43.9 Å². The summed E-state index contributed by atoms with van der Waals surface area (Å²) in [6.07, 6.45) is 4.07. The highest BCUT2D eigenvalue weighted by Gasteiger charge is 2.42. The van der Waals surface area contributed by atoms with Crippen LogP contribution in [-0.2, 0) is 18.4 Å². The Morgan fingerprint density at radius 1 is 1.27 bits per heavy atom. The Morgan fingerprint density at radius 3 is 2.42 bits per heavy atom. The van der Waals surface area contributed by atoms with Crippen molar-refractivity contribution in [2.75, 3.05) is 27.2 Å². The second kappa shape index (κ2) is 10.1. The maximum absolute atomic E-state index is 12.7. The maximum atomic E-state index is 12.7. The minimum atomic E-state index is -0.318. The molecule has 1 fully saturated rings. The Morgan fingerprint density at radius 2 is 1.92 bits per heavy atom. The van der Waals surface area contributed by atoms with E-state index in [1.165, 1.54) is 0 Å². The summed E-state index contributed by atoms with van der Waals surface area (Å²) in [5.41, 5.74) is -0.318. The van der Waals surface area contributed by atoms with Crippen molar-refractivity contribution in [1.82, 2.24) is 30.3 Å². The van der Waals surface area contributed by atoms with Gasteiger partial charge in [-0.3, -0.25) is 4.79 Å². The quantitative estimate of drug-likeness (QED) is 0.368. The minimum absolute atomic E-state index is 0. The summed E-state index contributed by atoms with van der Waals surface area (Å²) in [6.45, 7) is 5.76. The molecule has 1 aliphatic rings. The van der Waals surface area contributed by atoms with Gasteiger partial charge in [0.1, 0.15) is 12.4 Å². The van der Waals surface area contributed by atoms with Gasteiger partial charge < -0.3 is 20.1 Å². The van der Waals surface area contributed by atoms with E-state index in [1.807, 2.05) is 39.6 Å². The summed E-state index contributed by atoms with van der Waals surface area (Å²) in [7, 11) is 5.60. The molecule has 0 radical (unpaired) electrons. The number of nitrogens with zero attached hydrogens (tertiary/aromatic N) is 5. The van der Waals surface area contributed by atoms with Crippen LogP contribution in [0.1, 0.15) is 44.3 Å². The van der Waals surface area contributed by atoms with Crippen LogP contribution < -0.4 is 10.6 Å². The van der Waals surface area contributed by atoms with Crippen LogP contribution in [0.3, 0.4) is 0 Å². The van der Waals surface area contributed by atoms with Gasteiger partial charge in [0, 0.05) is 34.2 Å². The van der Waals surface area contributed by atoms with Gasteiger partial charge in [-0.1, -0.05) is 12.8 Å². The van der Waals surface area contributed by atoms with E-state index in [2.05, 4.69) is 25.8 Å². The molecule has 1 aromatic heterocycles. The molecule has 8 nitrogen and oxygen atoms in total. The summed E-state index contributed by atoms with van der Waals surface area (Å²) in [6, 6.07) is 0. The van der Waals surface area contributed by atoms with Gasteiger partial charge in [0.05, 0.1) is 5.41 Å². The number of carbonyl (C=O) groups excluding carboxylic acids is 1. The summed E-state index contributed by atoms with van der Waals surface area (Å²) in [5.74, 6) is 2.59. The third-order valence-corrected chi connectivity index (χ3v) is 4.92. The number of aryl methyl sites for hydroxylation is 1. The van der Waals surface area contributed by atoms with Crippen LogP contribution >= 0.6 is 24.0 Å². The Kier molecular flexibility index (Phi) is 8.78. The first-order valence-electron chi connectivity index (χ1n) is 8.98. The number of aliphatic imine (C=N–C) groups is 1. The fraction of sp³-hybridized carbons (Fsp3) is 0.765. The number of aromatic nitrogens is 3. The molecule has 0 spiro atoms. The first-order valence-corrected chi connectivity index (χ1v) is 8.98. The van der Waals surface area contributed by atoms with Crippen molar-refractivity contribution in [2.45, 2.75) is 46.1 Å². The third-order valence-electron chi connectivity index (χ3n) is 4.92. The fourth-order valence-electron chi connectivity index (χ4n) is 3.33. The van der Waals surface area contributed by atoms with Crippen LogP contribution in [0, 0.1) is 12.3 Å². The second-order valence-electron chi connectivity index (χ2n) is 6.96. The molecule has 1 aliphatic carbocycles. The Bertz CT molecular complexity index is 621. The molecule has 0 saturated heterocycles. The van der Waals surface area contributed by atoms with Crippen LogP contribution in [0.2, 0.25) is 0 Å². The number of halogens is 1. The van der Waals surface area contributed by atoms with E-state index in [4.69, 9.17) is 0 Å². The molecule has 0 bridgehead atoms. The monoisotopic (exact) mass is 477 g/mol. The molecule has 148 valence electrons. The zero-order valence-electron chi connectivity index (χ0n) is 16.5. The van der Waals surface area contributed by atoms with Gasteiger partial charge in [-0.25, -0.2) is 4.99 Å². The van der Waals surface area contributed by atoms with Gasteiger partial charge in [0.25, 0.3) is 0 Å². The first-order chi connectivity index (χ1) is 11.9. The topological polar surface area (TPSA) is 87.4 Å². The lowest BCUT2D eigenvalue weighted by Gasteiger charge is -2.31. The Labute approximate surface area is 173 Å². The van der Waals surface area contributed by atoms with E-state index >= 15 is 0 Å². The standard InChI is InChI=1S/C17H31N7O.HI/c1-6-18-16(19-11-14-22-21-13(2)24(14)5)20-12-17(9-7-8-10-17)15(25)23(3)4;/h6-12H2,1-5H3,(H2,18,19,20);1H. The molecule has 26 heavy (non-hydrogen) atoms. The lowest BCUT2D eigenvalue weighted by Crippen LogP contribution is -2.49. The van der Waals surface area contributed by atoms with Crippen LogP contribution in [0.15, 0.2) is 4.99 Å². The van der Waals surface area contributed by atoms with Crippen molar-refractivity contribution in [1.29, 1.82) is 0 Å². The Hall–Kier alpha value is -1.39. The fourth-order valence-corrected chi connectivity index (χ4v) is 3.33. The van der Waals surface area contributed by atoms with Crippen molar-refractivity contribution < 1.29 is 4.79 Å². The number of guanidine groups is 1. The molecular formula is C17H32IN7O. The van der Waals surface area contributed by atoms with E-state index in [9.17, 15) is 4.79 Å². The number of hydrogen-bond acceptors (Lipinski definition) is 4. The molecule has 0 unspecified atom stereocenters. The molecule has 9 heteroatoms. The van der Waals surface area contributed by atoms with Crippen molar-refractivity contribution >= 4 is 35.8 Å². The molecule has 0 aliphatic heterocycles. The summed E-state index contributed by atoms with van der Waals surface area (Å²) in [5, 5.41) is 14.8. The summed E-state index contributed by atoms with van der Waals surface area (Å²) in [4.78, 5) is 19.0. The van der Waals surface area contributed by atoms with E-state index in [-0.39, 0.29) is 35.3 Å². The van der Waals surface area contributed by atoms with Crippen molar-refractivity contribution in [3.8, 4) is 0 Å². The highest BCUT2D eigenvalue weighted by atomic mass is 127. The number of rotatable bonds is 6. The minimum Gasteiger partial charge on any atom is -0.357 e. The summed E-state index contributed by atoms with van der Waals surface area (Å²) < 4.78 is 1.93. The average molecular weight is 477 g/mol. The SMILES string of the molecule is CCNC(=NCc1nnc(C)n1C)NCC1(C(=O)N(C)C)CCCC1.I. The lowest BCUT2D eigenvalue weighted by molar-refractivity contribution is -0.138. The molecule has 1 aromatic rings. The van der Waals surface area contributed by atoms with Gasteiger partial charge >= 0.3 is 0 Å². The molecule has 0 atom stereocenters. The highest BCUT2D eigenvalue weighted by Crippen LogP contribution is 2.38. The number of carbonyl (C=O) groups is 1. The molecule has 1 heterocycles.